The Labute approximate surface area is 140 Å². The number of hydrogen-bond donors (Lipinski definition) is 0. The predicted molar refractivity (Wildman–Crippen MR) is 90.1 cm³/mol. The number of anilines is 1. The number of rotatable bonds is 4. The summed E-state index contributed by atoms with van der Waals surface area (Å²) >= 11 is 0. The van der Waals surface area contributed by atoms with E-state index < -0.39 is 4.92 Å². The van der Waals surface area contributed by atoms with E-state index in [0.717, 1.165) is 30.7 Å². The third-order valence-corrected chi connectivity index (χ3v) is 4.36. The Bertz CT molecular complexity index is 796. The zero-order chi connectivity index (χ0) is 17.1. The number of nitriles is 1. The number of hydrogen-bond acceptors (Lipinski definition) is 5. The van der Waals surface area contributed by atoms with Crippen LogP contribution < -0.4 is 9.64 Å². The minimum atomic E-state index is -0.417. The molecule has 24 heavy (non-hydrogen) atoms. The monoisotopic (exact) mass is 323 g/mol. The van der Waals surface area contributed by atoms with Crippen LogP contribution in [0.4, 0.5) is 11.4 Å². The summed E-state index contributed by atoms with van der Waals surface area (Å²) in [5.74, 6) is 0.785. The molecule has 0 amide bonds. The Kier molecular flexibility index (Phi) is 4.34. The second-order valence-corrected chi connectivity index (χ2v) is 5.70. The molecule has 122 valence electrons. The third kappa shape index (κ3) is 2.88. The van der Waals surface area contributed by atoms with E-state index in [0.29, 0.717) is 11.3 Å². The number of benzene rings is 2. The number of ether oxygens (including phenoxy) is 1. The smallest absolute Gasteiger partial charge is 0.293 e. The molecule has 0 saturated carbocycles. The van der Waals surface area contributed by atoms with E-state index >= 15 is 0 Å². The van der Waals surface area contributed by atoms with Gasteiger partial charge in [0.25, 0.3) is 5.69 Å². The fraction of sp³-hybridized carbons (Fsp3) is 0.278. The highest BCUT2D eigenvalue weighted by Crippen LogP contribution is 2.40. The van der Waals surface area contributed by atoms with Gasteiger partial charge in [0.05, 0.1) is 29.7 Å². The van der Waals surface area contributed by atoms with Gasteiger partial charge in [-0.1, -0.05) is 12.1 Å². The molecule has 0 aliphatic carbocycles. The molecule has 3 rings (SSSR count). The van der Waals surface area contributed by atoms with E-state index in [1.165, 1.54) is 6.07 Å². The van der Waals surface area contributed by atoms with Crippen molar-refractivity contribution in [1.82, 2.24) is 0 Å². The standard InChI is InChI=1S/C18H17N3O3/c1-24-15-7-5-14(6-8-15)16-3-2-10-20(16)17-9-4-13(12-19)11-18(17)21(22)23/h4-9,11,16H,2-3,10H2,1H3. The Morgan fingerprint density at radius 1 is 1.29 bits per heavy atom. The Morgan fingerprint density at radius 3 is 2.67 bits per heavy atom. The van der Waals surface area contributed by atoms with Crippen LogP contribution in [0.15, 0.2) is 42.5 Å². The summed E-state index contributed by atoms with van der Waals surface area (Å²) in [5, 5.41) is 20.4. The van der Waals surface area contributed by atoms with E-state index in [-0.39, 0.29) is 11.7 Å². The molecular weight excluding hydrogens is 306 g/mol. The van der Waals surface area contributed by atoms with Gasteiger partial charge in [0.15, 0.2) is 0 Å². The van der Waals surface area contributed by atoms with Crippen LogP contribution in [0, 0.1) is 21.4 Å². The van der Waals surface area contributed by atoms with Crippen molar-refractivity contribution >= 4 is 11.4 Å². The average molecular weight is 323 g/mol. The highest BCUT2D eigenvalue weighted by molar-refractivity contribution is 5.67. The highest BCUT2D eigenvalue weighted by atomic mass is 16.6. The first-order valence-electron chi connectivity index (χ1n) is 7.73. The number of nitrogens with zero attached hydrogens (tertiary/aromatic N) is 3. The second kappa shape index (κ2) is 6.59. The molecule has 1 unspecified atom stereocenters. The van der Waals surface area contributed by atoms with Crippen molar-refractivity contribution in [2.75, 3.05) is 18.6 Å². The van der Waals surface area contributed by atoms with E-state index in [1.807, 2.05) is 30.3 Å². The Balaban J connectivity index is 1.98. The van der Waals surface area contributed by atoms with Crippen LogP contribution in [-0.2, 0) is 0 Å². The van der Waals surface area contributed by atoms with Crippen LogP contribution in [0.2, 0.25) is 0 Å². The quantitative estimate of drug-likeness (QED) is 0.631. The lowest BCUT2D eigenvalue weighted by molar-refractivity contribution is -0.384. The van der Waals surface area contributed by atoms with Crippen molar-refractivity contribution < 1.29 is 9.66 Å². The van der Waals surface area contributed by atoms with Crippen LogP contribution in [0.3, 0.4) is 0 Å². The summed E-state index contributed by atoms with van der Waals surface area (Å²) in [4.78, 5) is 13.1. The first kappa shape index (κ1) is 15.8. The minimum absolute atomic E-state index is 0.0190. The van der Waals surface area contributed by atoms with Crippen molar-refractivity contribution in [3.63, 3.8) is 0 Å². The van der Waals surface area contributed by atoms with Gasteiger partial charge >= 0.3 is 0 Å². The summed E-state index contributed by atoms with van der Waals surface area (Å²) < 4.78 is 5.19. The van der Waals surface area contributed by atoms with Crippen molar-refractivity contribution in [3.05, 3.63) is 63.7 Å². The molecule has 0 aromatic heterocycles. The van der Waals surface area contributed by atoms with Crippen molar-refractivity contribution in [2.45, 2.75) is 18.9 Å². The molecule has 1 saturated heterocycles. The van der Waals surface area contributed by atoms with Crippen molar-refractivity contribution in [1.29, 1.82) is 5.26 Å². The molecule has 6 heteroatoms. The maximum absolute atomic E-state index is 11.4. The molecule has 1 atom stereocenters. The normalized spacial score (nSPS) is 16.7. The van der Waals surface area contributed by atoms with Gasteiger partial charge in [0.2, 0.25) is 0 Å². The summed E-state index contributed by atoms with van der Waals surface area (Å²) in [6, 6.07) is 14.5. The van der Waals surface area contributed by atoms with E-state index in [9.17, 15) is 10.1 Å². The van der Waals surface area contributed by atoms with Gasteiger partial charge in [0, 0.05) is 12.6 Å². The SMILES string of the molecule is COc1ccc(C2CCCN2c2ccc(C#N)cc2[N+](=O)[O-])cc1. The molecule has 1 heterocycles. The van der Waals surface area contributed by atoms with Crippen molar-refractivity contribution in [3.8, 4) is 11.8 Å². The molecule has 6 nitrogen and oxygen atoms in total. The maximum atomic E-state index is 11.4. The molecule has 1 fully saturated rings. The lowest BCUT2D eigenvalue weighted by atomic mass is 10.0. The Hall–Kier alpha value is -3.07. The Morgan fingerprint density at radius 2 is 2.04 bits per heavy atom. The topological polar surface area (TPSA) is 79.4 Å². The number of nitro groups is 1. The lowest BCUT2D eigenvalue weighted by Crippen LogP contribution is -2.23. The zero-order valence-corrected chi connectivity index (χ0v) is 13.3. The van der Waals surface area contributed by atoms with Crippen LogP contribution >= 0.6 is 0 Å². The largest absolute Gasteiger partial charge is 0.497 e. The third-order valence-electron chi connectivity index (χ3n) is 4.36. The maximum Gasteiger partial charge on any atom is 0.293 e. The summed E-state index contributed by atoms with van der Waals surface area (Å²) in [5.41, 5.74) is 1.95. The van der Waals surface area contributed by atoms with Gasteiger partial charge < -0.3 is 9.64 Å². The minimum Gasteiger partial charge on any atom is -0.497 e. The zero-order valence-electron chi connectivity index (χ0n) is 13.3. The summed E-state index contributed by atoms with van der Waals surface area (Å²) in [7, 11) is 1.62. The van der Waals surface area contributed by atoms with Gasteiger partial charge in [-0.15, -0.1) is 0 Å². The van der Waals surface area contributed by atoms with Crippen LogP contribution in [0.5, 0.6) is 5.75 Å². The van der Waals surface area contributed by atoms with E-state index in [2.05, 4.69) is 4.90 Å². The van der Waals surface area contributed by atoms with Crippen LogP contribution in [-0.4, -0.2) is 18.6 Å². The highest BCUT2D eigenvalue weighted by Gasteiger charge is 2.31. The first-order chi connectivity index (χ1) is 11.6. The fourth-order valence-corrected chi connectivity index (χ4v) is 3.21. The van der Waals surface area contributed by atoms with Gasteiger partial charge in [-0.25, -0.2) is 0 Å². The van der Waals surface area contributed by atoms with Gasteiger partial charge in [-0.05, 0) is 42.7 Å². The molecule has 0 N–H and O–H groups in total. The first-order valence-corrected chi connectivity index (χ1v) is 7.73. The average Bonchev–Trinajstić information content (AvgIpc) is 3.10. The summed E-state index contributed by atoms with van der Waals surface area (Å²) in [6.07, 6.45) is 1.90. The molecule has 0 radical (unpaired) electrons. The molecular formula is C18H17N3O3. The lowest BCUT2D eigenvalue weighted by Gasteiger charge is -2.27. The molecule has 2 aromatic rings. The van der Waals surface area contributed by atoms with Crippen LogP contribution in [0.1, 0.15) is 30.0 Å². The second-order valence-electron chi connectivity index (χ2n) is 5.70. The van der Waals surface area contributed by atoms with Gasteiger partial charge in [0.1, 0.15) is 11.4 Å². The van der Waals surface area contributed by atoms with E-state index in [1.54, 1.807) is 19.2 Å². The molecule has 1 aliphatic heterocycles. The number of methoxy groups -OCH3 is 1. The molecule has 1 aliphatic rings. The van der Waals surface area contributed by atoms with Crippen molar-refractivity contribution in [2.24, 2.45) is 0 Å². The van der Waals surface area contributed by atoms with Crippen LogP contribution in [0.25, 0.3) is 0 Å². The summed E-state index contributed by atoms with van der Waals surface area (Å²) in [6.45, 7) is 0.753. The number of nitro benzene ring substituents is 1. The molecule has 0 spiro atoms. The fourth-order valence-electron chi connectivity index (χ4n) is 3.21. The van der Waals surface area contributed by atoms with E-state index in [4.69, 9.17) is 10.00 Å². The van der Waals surface area contributed by atoms with Gasteiger partial charge in [-0.3, -0.25) is 10.1 Å². The van der Waals surface area contributed by atoms with Gasteiger partial charge in [-0.2, -0.15) is 5.26 Å². The molecule has 2 aromatic carbocycles. The predicted octanol–water partition coefficient (Wildman–Crippen LogP) is 3.82. The molecule has 0 bridgehead atoms.